The molecule has 5 heteroatoms. The number of nitrogens with one attached hydrogen (secondary N) is 1. The molecule has 2 aromatic carbocycles. The molecule has 0 spiro atoms. The zero-order chi connectivity index (χ0) is 18.2. The van der Waals surface area contributed by atoms with Crippen LogP contribution in [0.3, 0.4) is 0 Å². The Morgan fingerprint density at radius 2 is 1.96 bits per heavy atom. The largest absolute Gasteiger partial charge is 0.374 e. The first-order chi connectivity index (χ1) is 11.9. The topological polar surface area (TPSA) is 38.3 Å². The summed E-state index contributed by atoms with van der Waals surface area (Å²) in [7, 11) is 0. The third-order valence-corrected chi connectivity index (χ3v) is 4.19. The lowest BCUT2D eigenvalue weighted by molar-refractivity contribution is -0.121. The average Bonchev–Trinajstić information content (AvgIpc) is 2.58. The summed E-state index contributed by atoms with van der Waals surface area (Å²) in [6, 6.07) is 12.8. The summed E-state index contributed by atoms with van der Waals surface area (Å²) in [6.07, 6.45) is 0.824. The predicted octanol–water partition coefficient (Wildman–Crippen LogP) is 4.76. The van der Waals surface area contributed by atoms with E-state index in [0.717, 1.165) is 11.1 Å². The molecular formula is C20H23BrFNO2. The maximum atomic E-state index is 13.8. The van der Waals surface area contributed by atoms with Crippen molar-refractivity contribution in [2.75, 3.05) is 0 Å². The fourth-order valence-corrected chi connectivity index (χ4v) is 2.69. The van der Waals surface area contributed by atoms with Crippen molar-refractivity contribution in [3.05, 3.63) is 69.4 Å². The van der Waals surface area contributed by atoms with Crippen LogP contribution in [-0.4, -0.2) is 12.0 Å². The van der Waals surface area contributed by atoms with Gasteiger partial charge in [-0.25, -0.2) is 4.39 Å². The second-order valence-corrected chi connectivity index (χ2v) is 7.11. The van der Waals surface area contributed by atoms with Gasteiger partial charge in [0.15, 0.2) is 0 Å². The molecule has 25 heavy (non-hydrogen) atoms. The quantitative estimate of drug-likeness (QED) is 0.684. The Balaban J connectivity index is 1.80. The van der Waals surface area contributed by atoms with E-state index in [1.807, 2.05) is 38.1 Å². The zero-order valence-electron chi connectivity index (χ0n) is 14.5. The van der Waals surface area contributed by atoms with Crippen molar-refractivity contribution >= 4 is 21.8 Å². The van der Waals surface area contributed by atoms with Crippen LogP contribution in [0.5, 0.6) is 0 Å². The Bertz CT molecular complexity index is 719. The molecule has 0 saturated carbocycles. The maximum Gasteiger partial charge on any atom is 0.220 e. The van der Waals surface area contributed by atoms with Gasteiger partial charge in [0.2, 0.25) is 5.91 Å². The summed E-state index contributed by atoms with van der Waals surface area (Å²) in [5, 5.41) is 2.88. The summed E-state index contributed by atoms with van der Waals surface area (Å²) in [5.41, 5.74) is 2.65. The maximum absolute atomic E-state index is 13.8. The van der Waals surface area contributed by atoms with Gasteiger partial charge in [-0.3, -0.25) is 4.79 Å². The molecule has 134 valence electrons. The monoisotopic (exact) mass is 407 g/mol. The minimum Gasteiger partial charge on any atom is -0.374 e. The van der Waals surface area contributed by atoms with Crippen molar-refractivity contribution in [1.29, 1.82) is 0 Å². The number of hydrogen-bond donors (Lipinski definition) is 1. The first kappa shape index (κ1) is 19.6. The molecular weight excluding hydrogens is 385 g/mol. The molecule has 2 rings (SSSR count). The normalized spacial score (nSPS) is 10.9. The van der Waals surface area contributed by atoms with Gasteiger partial charge in [0.25, 0.3) is 0 Å². The highest BCUT2D eigenvalue weighted by Gasteiger charge is 2.07. The number of rotatable bonds is 8. The number of ether oxygens (including phenoxy) is 1. The summed E-state index contributed by atoms with van der Waals surface area (Å²) in [4.78, 5) is 12.0. The molecule has 0 radical (unpaired) electrons. The molecule has 1 N–H and O–H groups in total. The lowest BCUT2D eigenvalue weighted by Crippen LogP contribution is -2.23. The molecule has 0 atom stereocenters. The number of carbonyl (C=O) groups is 1. The molecule has 0 bridgehead atoms. The van der Waals surface area contributed by atoms with Crippen LogP contribution in [0.1, 0.15) is 37.0 Å². The lowest BCUT2D eigenvalue weighted by atomic mass is 10.1. The zero-order valence-corrected chi connectivity index (χ0v) is 16.1. The second kappa shape index (κ2) is 9.68. The number of amides is 1. The summed E-state index contributed by atoms with van der Waals surface area (Å²) < 4.78 is 20.0. The highest BCUT2D eigenvalue weighted by Crippen LogP contribution is 2.16. The predicted molar refractivity (Wildman–Crippen MR) is 101 cm³/mol. The van der Waals surface area contributed by atoms with Gasteiger partial charge in [-0.1, -0.05) is 46.3 Å². The van der Waals surface area contributed by atoms with E-state index >= 15 is 0 Å². The van der Waals surface area contributed by atoms with Gasteiger partial charge in [-0.05, 0) is 49.1 Å². The van der Waals surface area contributed by atoms with Gasteiger partial charge in [0.05, 0.1) is 12.7 Å². The summed E-state index contributed by atoms with van der Waals surface area (Å²) >= 11 is 3.22. The molecule has 1 amide bonds. The van der Waals surface area contributed by atoms with E-state index in [4.69, 9.17) is 4.74 Å². The van der Waals surface area contributed by atoms with E-state index in [1.54, 1.807) is 12.1 Å². The Kier molecular flexibility index (Phi) is 7.59. The van der Waals surface area contributed by atoms with Crippen molar-refractivity contribution in [3.8, 4) is 0 Å². The standard InChI is InChI=1S/C20H23BrFNO2/c1-14(2)25-13-16-5-3-4-15(10-16)12-23-20(24)9-7-17-6-8-18(21)11-19(17)22/h3-6,8,10-11,14H,7,9,12-13H2,1-2H3,(H,23,24). The molecule has 0 aliphatic rings. The molecule has 0 fully saturated rings. The molecule has 0 aliphatic carbocycles. The smallest absolute Gasteiger partial charge is 0.220 e. The van der Waals surface area contributed by atoms with E-state index in [1.165, 1.54) is 6.07 Å². The lowest BCUT2D eigenvalue weighted by Gasteiger charge is -2.10. The first-order valence-electron chi connectivity index (χ1n) is 8.34. The van der Waals surface area contributed by atoms with Gasteiger partial charge in [0.1, 0.15) is 5.82 Å². The van der Waals surface area contributed by atoms with Gasteiger partial charge in [0, 0.05) is 17.4 Å². The average molecular weight is 408 g/mol. The number of benzene rings is 2. The van der Waals surface area contributed by atoms with Crippen LogP contribution in [-0.2, 0) is 29.1 Å². The van der Waals surface area contributed by atoms with Crippen molar-refractivity contribution in [3.63, 3.8) is 0 Å². The van der Waals surface area contributed by atoms with Crippen LogP contribution in [0, 0.1) is 5.82 Å². The van der Waals surface area contributed by atoms with E-state index < -0.39 is 0 Å². The number of aryl methyl sites for hydroxylation is 1. The van der Waals surface area contributed by atoms with Crippen molar-refractivity contribution in [2.24, 2.45) is 0 Å². The third-order valence-electron chi connectivity index (χ3n) is 3.70. The van der Waals surface area contributed by atoms with Gasteiger partial charge < -0.3 is 10.1 Å². The van der Waals surface area contributed by atoms with Crippen LogP contribution in [0.4, 0.5) is 4.39 Å². The van der Waals surface area contributed by atoms with E-state index in [0.29, 0.717) is 29.6 Å². The molecule has 2 aromatic rings. The molecule has 0 unspecified atom stereocenters. The Morgan fingerprint density at radius 3 is 2.68 bits per heavy atom. The van der Waals surface area contributed by atoms with Crippen LogP contribution in [0.25, 0.3) is 0 Å². The Hall–Kier alpha value is -1.72. The van der Waals surface area contributed by atoms with Crippen molar-refractivity contribution in [1.82, 2.24) is 5.32 Å². The third kappa shape index (κ3) is 6.96. The molecule has 0 aromatic heterocycles. The minimum absolute atomic E-state index is 0.0915. The minimum atomic E-state index is -0.292. The number of halogens is 2. The summed E-state index contributed by atoms with van der Waals surface area (Å²) in [6.45, 7) is 5.01. The second-order valence-electron chi connectivity index (χ2n) is 6.19. The number of hydrogen-bond acceptors (Lipinski definition) is 2. The van der Waals surface area contributed by atoms with Crippen LogP contribution in [0.2, 0.25) is 0 Å². The van der Waals surface area contributed by atoms with Gasteiger partial charge >= 0.3 is 0 Å². The highest BCUT2D eigenvalue weighted by molar-refractivity contribution is 9.10. The van der Waals surface area contributed by atoms with E-state index in [9.17, 15) is 9.18 Å². The van der Waals surface area contributed by atoms with Crippen molar-refractivity contribution < 1.29 is 13.9 Å². The van der Waals surface area contributed by atoms with E-state index in [-0.39, 0.29) is 24.2 Å². The molecule has 3 nitrogen and oxygen atoms in total. The molecule has 0 heterocycles. The summed E-state index contributed by atoms with van der Waals surface area (Å²) in [5.74, 6) is -0.383. The Labute approximate surface area is 156 Å². The Morgan fingerprint density at radius 1 is 1.20 bits per heavy atom. The van der Waals surface area contributed by atoms with Crippen LogP contribution >= 0.6 is 15.9 Å². The van der Waals surface area contributed by atoms with Crippen molar-refractivity contribution in [2.45, 2.75) is 45.9 Å². The van der Waals surface area contributed by atoms with E-state index in [2.05, 4.69) is 21.2 Å². The van der Waals surface area contributed by atoms with Crippen LogP contribution < -0.4 is 5.32 Å². The van der Waals surface area contributed by atoms with Gasteiger partial charge in [-0.15, -0.1) is 0 Å². The molecule has 0 saturated heterocycles. The highest BCUT2D eigenvalue weighted by atomic mass is 79.9. The van der Waals surface area contributed by atoms with Gasteiger partial charge in [-0.2, -0.15) is 0 Å². The first-order valence-corrected chi connectivity index (χ1v) is 9.13. The molecule has 0 aliphatic heterocycles. The fraction of sp³-hybridized carbons (Fsp3) is 0.350. The number of carbonyl (C=O) groups excluding carboxylic acids is 1. The fourth-order valence-electron chi connectivity index (χ4n) is 2.35. The van der Waals surface area contributed by atoms with Crippen LogP contribution in [0.15, 0.2) is 46.9 Å². The SMILES string of the molecule is CC(C)OCc1cccc(CNC(=O)CCc2ccc(Br)cc2F)c1.